The molecule has 42 heavy (non-hydrogen) atoms. The van der Waals surface area contributed by atoms with Gasteiger partial charge in [-0.25, -0.2) is 8.42 Å². The van der Waals surface area contributed by atoms with E-state index in [1.807, 2.05) is 65.8 Å². The van der Waals surface area contributed by atoms with Gasteiger partial charge in [-0.3, -0.25) is 0 Å². The molecule has 1 aromatic carbocycles. The summed E-state index contributed by atoms with van der Waals surface area (Å²) < 4.78 is 24.4. The number of aliphatic hydroxyl groups is 1. The highest BCUT2D eigenvalue weighted by Gasteiger charge is 2.24. The molecule has 3 rings (SSSR count). The smallest absolute Gasteiger partial charge is 0.178 e. The van der Waals surface area contributed by atoms with Crippen LogP contribution in [0.2, 0.25) is 0 Å². The average molecular weight is 663 g/mol. The predicted octanol–water partition coefficient (Wildman–Crippen LogP) is 10.2. The van der Waals surface area contributed by atoms with E-state index in [0.717, 1.165) is 31.4 Å². The molecule has 0 saturated carbocycles. The number of aliphatic hydroxyl groups excluding tert-OH is 1. The third-order valence-corrected chi connectivity index (χ3v) is 10.2. The van der Waals surface area contributed by atoms with Gasteiger partial charge in [0.05, 0.1) is 22.6 Å². The van der Waals surface area contributed by atoms with E-state index in [4.69, 9.17) is 28.3 Å². The molecule has 1 fully saturated rings. The first-order chi connectivity index (χ1) is 19.9. The van der Waals surface area contributed by atoms with Gasteiger partial charge < -0.3 is 10.0 Å². The quantitative estimate of drug-likeness (QED) is 0.281. The molecule has 242 valence electrons. The highest BCUT2D eigenvalue weighted by atomic mass is 35.5. The zero-order valence-electron chi connectivity index (χ0n) is 27.5. The Morgan fingerprint density at radius 2 is 1.79 bits per heavy atom. The Bertz CT molecular complexity index is 1050. The van der Waals surface area contributed by atoms with Gasteiger partial charge in [0.2, 0.25) is 0 Å². The van der Waals surface area contributed by atoms with Crippen molar-refractivity contribution < 1.29 is 13.5 Å². The molecule has 2 aliphatic rings. The van der Waals surface area contributed by atoms with E-state index < -0.39 is 9.84 Å². The second-order valence-electron chi connectivity index (χ2n) is 9.66. The summed E-state index contributed by atoms with van der Waals surface area (Å²) in [6.45, 7) is 21.3. The van der Waals surface area contributed by atoms with Crippen LogP contribution in [0.25, 0.3) is 0 Å². The summed E-state index contributed by atoms with van der Waals surface area (Å²) in [6.07, 6.45) is 12.4. The van der Waals surface area contributed by atoms with Crippen LogP contribution in [0.3, 0.4) is 0 Å². The minimum atomic E-state index is -3.11. The number of aryl methyl sites for hydroxylation is 1. The van der Waals surface area contributed by atoms with Crippen molar-refractivity contribution in [3.05, 3.63) is 75.6 Å². The molecule has 4 nitrogen and oxygen atoms in total. The monoisotopic (exact) mass is 661 g/mol. The summed E-state index contributed by atoms with van der Waals surface area (Å²) in [6, 6.07) is 7.57. The Balaban J connectivity index is 0. The molecule has 0 aromatic heterocycles. The van der Waals surface area contributed by atoms with E-state index in [0.29, 0.717) is 22.4 Å². The Hall–Kier alpha value is -1.02. The molecule has 8 heteroatoms. The van der Waals surface area contributed by atoms with Crippen LogP contribution in [-0.4, -0.2) is 55.8 Å². The lowest BCUT2D eigenvalue weighted by Crippen LogP contribution is -2.27. The number of rotatable bonds is 8. The largest absolute Gasteiger partial charge is 0.396 e. The fraction of sp³-hybridized carbons (Fsp3) is 0.588. The first-order valence-electron chi connectivity index (χ1n) is 15.2. The van der Waals surface area contributed by atoms with Crippen LogP contribution in [0.1, 0.15) is 86.1 Å². The Labute approximate surface area is 273 Å². The minimum absolute atomic E-state index is 0.00849. The number of likely N-dealkylation sites (tertiary alicyclic amines) is 1. The van der Waals surface area contributed by atoms with Crippen LogP contribution in [0.15, 0.2) is 74.9 Å². The number of benzene rings is 1. The van der Waals surface area contributed by atoms with Crippen molar-refractivity contribution in [2.45, 2.75) is 104 Å². The zero-order chi connectivity index (χ0) is 32.7. The van der Waals surface area contributed by atoms with Gasteiger partial charge in [-0.05, 0) is 94.5 Å². The van der Waals surface area contributed by atoms with Gasteiger partial charge in [0.25, 0.3) is 0 Å². The zero-order valence-corrected chi connectivity index (χ0v) is 30.6. The first kappa shape index (κ1) is 43.1. The van der Waals surface area contributed by atoms with Crippen molar-refractivity contribution in [3.8, 4) is 0 Å². The molecule has 0 spiro atoms. The van der Waals surface area contributed by atoms with Crippen LogP contribution < -0.4 is 0 Å². The summed E-state index contributed by atoms with van der Waals surface area (Å²) in [5.74, 6) is 0.264. The standard InChI is InChI=1S/C14H21NO2S.C8H10Cl2O.C8H14S.2C2H6/c1-12-5-7-14(8-6-12)18(16,17)11-9-13-4-3-10-15(13)2;9-7-2-1-3-8(10)6(4-7)5-11;1-5-7(3)9-8(4)6-2;2*1-2/h5-8,13H,3-4,9-11H2,1-2H3;1-3,6-7,11H,4-5H2;6H,3,5H2,1-2,4H3;2*1-2H3/b;;8-6-;;. The number of alkyl halides is 1. The average Bonchev–Trinajstić information content (AvgIpc) is 3.33. The van der Waals surface area contributed by atoms with Gasteiger partial charge >= 0.3 is 0 Å². The van der Waals surface area contributed by atoms with Crippen LogP contribution in [0, 0.1) is 12.8 Å². The second kappa shape index (κ2) is 25.3. The Kier molecular flexibility index (Phi) is 26.0. The fourth-order valence-corrected chi connectivity index (χ4v) is 6.50. The summed E-state index contributed by atoms with van der Waals surface area (Å²) in [5, 5.41) is 9.57. The number of thioether (sulfide) groups is 1. The third-order valence-electron chi connectivity index (χ3n) is 6.57. The van der Waals surface area contributed by atoms with E-state index in [1.165, 1.54) is 16.2 Å². The lowest BCUT2D eigenvalue weighted by molar-refractivity contribution is 0.245. The van der Waals surface area contributed by atoms with Crippen molar-refractivity contribution in [1.82, 2.24) is 4.90 Å². The summed E-state index contributed by atoms with van der Waals surface area (Å²) in [5.41, 5.74) is 1.09. The van der Waals surface area contributed by atoms with Gasteiger partial charge in [0.1, 0.15) is 0 Å². The SMILES string of the molecule is C=C(CC)S/C(C)=C\C.CC.CC.Cc1ccc(S(=O)(=O)CCC2CCCN2C)cc1.OCC1CC(Cl)C=CC=C1Cl. The normalized spacial score (nSPS) is 20.1. The number of sulfone groups is 1. The lowest BCUT2D eigenvalue weighted by atomic mass is 10.1. The van der Waals surface area contributed by atoms with Crippen molar-refractivity contribution in [2.75, 3.05) is 26.0 Å². The van der Waals surface area contributed by atoms with Gasteiger partial charge in [0, 0.05) is 17.0 Å². The molecule has 1 N–H and O–H groups in total. The first-order valence-corrected chi connectivity index (χ1v) is 18.5. The minimum Gasteiger partial charge on any atom is -0.396 e. The van der Waals surface area contributed by atoms with Crippen LogP contribution in [0.4, 0.5) is 0 Å². The molecule has 0 bridgehead atoms. The number of allylic oxidation sites excluding steroid dienone is 6. The maximum atomic E-state index is 12.2. The van der Waals surface area contributed by atoms with Crippen LogP contribution in [-0.2, 0) is 9.84 Å². The highest BCUT2D eigenvalue weighted by Crippen LogP contribution is 2.26. The summed E-state index contributed by atoms with van der Waals surface area (Å²) in [4.78, 5) is 5.30. The van der Waals surface area contributed by atoms with Gasteiger partial charge in [0.15, 0.2) is 9.84 Å². The van der Waals surface area contributed by atoms with E-state index in [-0.39, 0.29) is 23.7 Å². The number of halogens is 2. The van der Waals surface area contributed by atoms with Gasteiger partial charge in [-0.2, -0.15) is 0 Å². The summed E-state index contributed by atoms with van der Waals surface area (Å²) >= 11 is 13.5. The molecule has 3 atom stereocenters. The predicted molar refractivity (Wildman–Crippen MR) is 191 cm³/mol. The maximum Gasteiger partial charge on any atom is 0.178 e. The molecular weight excluding hydrogens is 605 g/mol. The van der Waals surface area contributed by atoms with Crippen molar-refractivity contribution in [2.24, 2.45) is 5.92 Å². The lowest BCUT2D eigenvalue weighted by Gasteiger charge is -2.19. The number of nitrogens with zero attached hydrogens (tertiary/aromatic N) is 1. The van der Waals surface area contributed by atoms with E-state index >= 15 is 0 Å². The second-order valence-corrected chi connectivity index (χ2v) is 14.2. The van der Waals surface area contributed by atoms with Crippen LogP contribution >= 0.6 is 35.0 Å². The highest BCUT2D eigenvalue weighted by molar-refractivity contribution is 8.06. The van der Waals surface area contributed by atoms with Gasteiger partial charge in [-0.15, -0.1) is 23.4 Å². The Morgan fingerprint density at radius 3 is 2.26 bits per heavy atom. The van der Waals surface area contributed by atoms with E-state index in [2.05, 4.69) is 38.5 Å². The number of hydrogen-bond donors (Lipinski definition) is 1. The van der Waals surface area contributed by atoms with E-state index in [1.54, 1.807) is 30.0 Å². The van der Waals surface area contributed by atoms with Crippen molar-refractivity contribution in [3.63, 3.8) is 0 Å². The molecule has 0 amide bonds. The van der Waals surface area contributed by atoms with Gasteiger partial charge in [-0.1, -0.05) is 88.7 Å². The fourth-order valence-electron chi connectivity index (χ4n) is 3.89. The molecule has 1 heterocycles. The van der Waals surface area contributed by atoms with E-state index in [9.17, 15) is 8.42 Å². The third kappa shape index (κ3) is 18.6. The summed E-state index contributed by atoms with van der Waals surface area (Å²) in [7, 11) is -1.04. The molecule has 1 saturated heterocycles. The van der Waals surface area contributed by atoms with Crippen molar-refractivity contribution in [1.29, 1.82) is 0 Å². The van der Waals surface area contributed by atoms with Crippen molar-refractivity contribution >= 4 is 44.8 Å². The molecule has 1 aliphatic heterocycles. The molecule has 1 aliphatic carbocycles. The molecule has 1 aromatic rings. The van der Waals surface area contributed by atoms with Crippen LogP contribution in [0.5, 0.6) is 0 Å². The molecule has 0 radical (unpaired) electrons. The Morgan fingerprint density at radius 1 is 1.19 bits per heavy atom. The number of hydrogen-bond acceptors (Lipinski definition) is 5. The topological polar surface area (TPSA) is 57.6 Å². The maximum absolute atomic E-state index is 12.2. The molecular formula is C34H57Cl2NO3S2. The molecule has 3 unspecified atom stereocenters.